The molecule has 0 spiro atoms. The molecule has 0 amide bonds. The molecule has 0 N–H and O–H groups in total. The van der Waals surface area contributed by atoms with Gasteiger partial charge < -0.3 is 9.47 Å². The lowest BCUT2D eigenvalue weighted by molar-refractivity contribution is 0.0834. The highest BCUT2D eigenvalue weighted by Gasteiger charge is 2.29. The number of ketones is 1. The molecule has 2 heterocycles. The summed E-state index contributed by atoms with van der Waals surface area (Å²) < 4.78 is 10.7. The highest BCUT2D eigenvalue weighted by Crippen LogP contribution is 2.33. The van der Waals surface area contributed by atoms with Crippen LogP contribution < -0.4 is 9.47 Å². The van der Waals surface area contributed by atoms with Crippen LogP contribution in [0.1, 0.15) is 55.8 Å². The topological polar surface area (TPSA) is 38.8 Å². The lowest BCUT2D eigenvalue weighted by atomic mass is 9.97. The fraction of sp³-hybridized carbons (Fsp3) is 0.611. The highest BCUT2D eigenvalue weighted by molar-refractivity contribution is 6.00. The van der Waals surface area contributed by atoms with E-state index in [-0.39, 0.29) is 18.6 Å². The standard InChI is InChI=1S/C18H25NO3/c1-2-3-4-7-15(19-10-5-6-11-19)18(20)14-8-9-16-17(12-14)22-13-21-16/h8-9,12,15H,2-7,10-11,13H2,1H3. The van der Waals surface area contributed by atoms with E-state index in [4.69, 9.17) is 9.47 Å². The van der Waals surface area contributed by atoms with E-state index in [1.807, 2.05) is 18.2 Å². The van der Waals surface area contributed by atoms with E-state index in [1.165, 1.54) is 25.7 Å². The van der Waals surface area contributed by atoms with Crippen LogP contribution in [0.3, 0.4) is 0 Å². The molecule has 4 heteroatoms. The van der Waals surface area contributed by atoms with Crippen LogP contribution in [0.5, 0.6) is 11.5 Å². The average molecular weight is 303 g/mol. The summed E-state index contributed by atoms with van der Waals surface area (Å²) in [5.41, 5.74) is 0.748. The van der Waals surface area contributed by atoms with Gasteiger partial charge in [-0.2, -0.15) is 0 Å². The number of likely N-dealkylation sites (tertiary alicyclic amines) is 1. The number of unbranched alkanes of at least 4 members (excludes halogenated alkanes) is 2. The minimum atomic E-state index is 0.0226. The maximum absolute atomic E-state index is 13.0. The molecule has 0 bridgehead atoms. The number of Topliss-reactive ketones (excluding diaryl/α,β-unsaturated/α-hetero) is 1. The minimum absolute atomic E-state index is 0.0226. The van der Waals surface area contributed by atoms with Gasteiger partial charge in [0, 0.05) is 5.56 Å². The van der Waals surface area contributed by atoms with E-state index in [2.05, 4.69) is 11.8 Å². The molecule has 0 aromatic heterocycles. The fourth-order valence-electron chi connectivity index (χ4n) is 3.36. The molecular formula is C18H25NO3. The number of hydrogen-bond acceptors (Lipinski definition) is 4. The minimum Gasteiger partial charge on any atom is -0.454 e. The van der Waals surface area contributed by atoms with Crippen LogP contribution in [-0.2, 0) is 0 Å². The lowest BCUT2D eigenvalue weighted by Crippen LogP contribution is -2.39. The second-order valence-electron chi connectivity index (χ2n) is 6.19. The second kappa shape index (κ2) is 7.14. The SMILES string of the molecule is CCCCCC(C(=O)c1ccc2c(c1)OCO2)N1CCCC1. The molecule has 0 radical (unpaired) electrons. The Labute approximate surface area is 132 Å². The fourth-order valence-corrected chi connectivity index (χ4v) is 3.36. The molecule has 0 saturated carbocycles. The number of rotatable bonds is 7. The van der Waals surface area contributed by atoms with Gasteiger partial charge in [0.05, 0.1) is 6.04 Å². The summed E-state index contributed by atoms with van der Waals surface area (Å²) in [6.07, 6.45) is 6.87. The van der Waals surface area contributed by atoms with Gasteiger partial charge in [0.15, 0.2) is 17.3 Å². The quantitative estimate of drug-likeness (QED) is 0.569. The third kappa shape index (κ3) is 3.27. The molecule has 2 aliphatic heterocycles. The third-order valence-electron chi connectivity index (χ3n) is 4.62. The maximum Gasteiger partial charge on any atom is 0.231 e. The van der Waals surface area contributed by atoms with E-state index in [0.717, 1.165) is 37.2 Å². The van der Waals surface area contributed by atoms with Crippen molar-refractivity contribution in [2.45, 2.75) is 51.5 Å². The molecule has 2 aliphatic rings. The molecule has 1 aromatic carbocycles. The number of hydrogen-bond donors (Lipinski definition) is 0. The number of fused-ring (bicyclic) bond motifs is 1. The molecular weight excluding hydrogens is 278 g/mol. The maximum atomic E-state index is 13.0. The normalized spacial score (nSPS) is 18.6. The van der Waals surface area contributed by atoms with Crippen LogP contribution >= 0.6 is 0 Å². The monoisotopic (exact) mass is 303 g/mol. The van der Waals surface area contributed by atoms with Crippen molar-refractivity contribution in [1.29, 1.82) is 0 Å². The molecule has 1 unspecified atom stereocenters. The Hall–Kier alpha value is -1.55. The Balaban J connectivity index is 1.75. The highest BCUT2D eigenvalue weighted by atomic mass is 16.7. The van der Waals surface area contributed by atoms with Gasteiger partial charge in [-0.1, -0.05) is 26.2 Å². The van der Waals surface area contributed by atoms with Crippen molar-refractivity contribution >= 4 is 5.78 Å². The van der Waals surface area contributed by atoms with Crippen LogP contribution in [0.2, 0.25) is 0 Å². The van der Waals surface area contributed by atoms with E-state index in [1.54, 1.807) is 0 Å². The first-order valence-corrected chi connectivity index (χ1v) is 8.47. The Morgan fingerprint density at radius 3 is 2.73 bits per heavy atom. The van der Waals surface area contributed by atoms with E-state index < -0.39 is 0 Å². The third-order valence-corrected chi connectivity index (χ3v) is 4.62. The van der Waals surface area contributed by atoms with Crippen LogP contribution in [-0.4, -0.2) is 36.6 Å². The number of carbonyl (C=O) groups is 1. The molecule has 120 valence electrons. The Morgan fingerprint density at radius 2 is 1.95 bits per heavy atom. The van der Waals surface area contributed by atoms with Crippen LogP contribution in [0.15, 0.2) is 18.2 Å². The van der Waals surface area contributed by atoms with Crippen molar-refractivity contribution in [3.05, 3.63) is 23.8 Å². The first-order chi connectivity index (χ1) is 10.8. The van der Waals surface area contributed by atoms with Gasteiger partial charge in [0.1, 0.15) is 0 Å². The van der Waals surface area contributed by atoms with Gasteiger partial charge in [-0.25, -0.2) is 0 Å². The lowest BCUT2D eigenvalue weighted by Gasteiger charge is -2.26. The van der Waals surface area contributed by atoms with Gasteiger partial charge in [-0.15, -0.1) is 0 Å². The van der Waals surface area contributed by atoms with Crippen molar-refractivity contribution in [1.82, 2.24) is 4.90 Å². The summed E-state index contributed by atoms with van der Waals surface area (Å²) >= 11 is 0. The van der Waals surface area contributed by atoms with Gasteiger partial charge in [0.25, 0.3) is 0 Å². The number of benzene rings is 1. The van der Waals surface area contributed by atoms with E-state index in [0.29, 0.717) is 5.75 Å². The zero-order chi connectivity index (χ0) is 15.4. The summed E-state index contributed by atoms with van der Waals surface area (Å²) in [7, 11) is 0. The average Bonchev–Trinajstić information content (AvgIpc) is 3.21. The van der Waals surface area contributed by atoms with Gasteiger partial charge in [0.2, 0.25) is 6.79 Å². The Bertz CT molecular complexity index is 523. The summed E-state index contributed by atoms with van der Waals surface area (Å²) in [4.78, 5) is 15.4. The molecule has 22 heavy (non-hydrogen) atoms. The second-order valence-corrected chi connectivity index (χ2v) is 6.19. The van der Waals surface area contributed by atoms with Crippen molar-refractivity contribution in [2.24, 2.45) is 0 Å². The van der Waals surface area contributed by atoms with Crippen molar-refractivity contribution < 1.29 is 14.3 Å². The van der Waals surface area contributed by atoms with E-state index >= 15 is 0 Å². The first kappa shape index (κ1) is 15.3. The number of carbonyl (C=O) groups excluding carboxylic acids is 1. The zero-order valence-electron chi connectivity index (χ0n) is 13.3. The zero-order valence-corrected chi connectivity index (χ0v) is 13.3. The van der Waals surface area contributed by atoms with E-state index in [9.17, 15) is 4.79 Å². The van der Waals surface area contributed by atoms with Crippen LogP contribution in [0, 0.1) is 0 Å². The number of nitrogens with zero attached hydrogens (tertiary/aromatic N) is 1. The van der Waals surface area contributed by atoms with Gasteiger partial charge in [-0.3, -0.25) is 9.69 Å². The summed E-state index contributed by atoms with van der Waals surface area (Å²) in [5.74, 6) is 1.66. The molecule has 1 aromatic rings. The predicted octanol–water partition coefficient (Wildman–Crippen LogP) is 3.64. The summed E-state index contributed by atoms with van der Waals surface area (Å²) in [6.45, 7) is 4.55. The first-order valence-electron chi connectivity index (χ1n) is 8.47. The van der Waals surface area contributed by atoms with Crippen molar-refractivity contribution in [3.8, 4) is 11.5 Å². The molecule has 3 rings (SSSR count). The smallest absolute Gasteiger partial charge is 0.231 e. The molecule has 1 atom stereocenters. The van der Waals surface area contributed by atoms with Gasteiger partial charge >= 0.3 is 0 Å². The van der Waals surface area contributed by atoms with Crippen molar-refractivity contribution in [3.63, 3.8) is 0 Å². The predicted molar refractivity (Wildman–Crippen MR) is 85.6 cm³/mol. The molecule has 4 nitrogen and oxygen atoms in total. The summed E-state index contributed by atoms with van der Waals surface area (Å²) in [5, 5.41) is 0. The summed E-state index contributed by atoms with van der Waals surface area (Å²) in [6, 6.07) is 5.59. The molecule has 1 fully saturated rings. The Morgan fingerprint density at radius 1 is 1.18 bits per heavy atom. The largest absolute Gasteiger partial charge is 0.454 e. The van der Waals surface area contributed by atoms with Gasteiger partial charge in [-0.05, 0) is 50.6 Å². The Kier molecular flexibility index (Phi) is 4.98. The van der Waals surface area contributed by atoms with Crippen LogP contribution in [0.4, 0.5) is 0 Å². The molecule has 1 saturated heterocycles. The molecule has 0 aliphatic carbocycles. The van der Waals surface area contributed by atoms with Crippen molar-refractivity contribution in [2.75, 3.05) is 19.9 Å². The van der Waals surface area contributed by atoms with Crippen LogP contribution in [0.25, 0.3) is 0 Å². The number of ether oxygens (including phenoxy) is 2.